The molecule has 70 valence electrons. The van der Waals surface area contributed by atoms with Gasteiger partial charge in [0.2, 0.25) is 0 Å². The Hall–Kier alpha value is -0.860. The van der Waals surface area contributed by atoms with Gasteiger partial charge in [-0.2, -0.15) is 0 Å². The quantitative estimate of drug-likeness (QED) is 0.670. The molecule has 1 aromatic carbocycles. The van der Waals surface area contributed by atoms with Gasteiger partial charge in [0.25, 0.3) is 0 Å². The Morgan fingerprint density at radius 2 is 1.92 bits per heavy atom. The van der Waals surface area contributed by atoms with Crippen LogP contribution in [0.5, 0.6) is 0 Å². The largest absolute Gasteiger partial charge is 0.393 e. The Labute approximate surface area is 77.8 Å². The summed E-state index contributed by atoms with van der Waals surface area (Å²) in [4.78, 5) is 0. The van der Waals surface area contributed by atoms with Crippen LogP contribution in [0, 0.1) is 0 Å². The van der Waals surface area contributed by atoms with Gasteiger partial charge in [-0.25, -0.2) is 0 Å². The van der Waals surface area contributed by atoms with Gasteiger partial charge in [0.05, 0.1) is 12.2 Å². The molecule has 0 bridgehead atoms. The predicted molar refractivity (Wildman–Crippen MR) is 50.5 cm³/mol. The maximum Gasteiger partial charge on any atom is 0.0920 e. The molecule has 1 aliphatic carbocycles. The van der Waals surface area contributed by atoms with Crippen molar-refractivity contribution in [3.8, 4) is 0 Å². The number of fused-ring (bicyclic) bond motifs is 1. The SMILES string of the molecule is OCC1(O)CCc2ccccc2C1. The first-order chi connectivity index (χ1) is 6.23. The molecule has 1 atom stereocenters. The van der Waals surface area contributed by atoms with Gasteiger partial charge < -0.3 is 10.2 Å². The van der Waals surface area contributed by atoms with Gasteiger partial charge in [0, 0.05) is 6.42 Å². The van der Waals surface area contributed by atoms with Crippen LogP contribution < -0.4 is 0 Å². The van der Waals surface area contributed by atoms with E-state index in [1.807, 2.05) is 18.2 Å². The maximum absolute atomic E-state index is 9.88. The molecule has 1 aromatic rings. The van der Waals surface area contributed by atoms with E-state index in [1.54, 1.807) is 0 Å². The maximum atomic E-state index is 9.88. The third kappa shape index (κ3) is 1.60. The van der Waals surface area contributed by atoms with Crippen molar-refractivity contribution in [2.45, 2.75) is 24.9 Å². The molecule has 2 rings (SSSR count). The minimum atomic E-state index is -0.881. The van der Waals surface area contributed by atoms with Gasteiger partial charge in [0.1, 0.15) is 0 Å². The number of aliphatic hydroxyl groups is 2. The lowest BCUT2D eigenvalue weighted by Crippen LogP contribution is -2.39. The van der Waals surface area contributed by atoms with Crippen molar-refractivity contribution < 1.29 is 10.2 Å². The molecule has 0 aromatic heterocycles. The summed E-state index contributed by atoms with van der Waals surface area (Å²) < 4.78 is 0. The van der Waals surface area contributed by atoms with E-state index >= 15 is 0 Å². The fourth-order valence-electron chi connectivity index (χ4n) is 1.92. The monoisotopic (exact) mass is 178 g/mol. The third-order valence-electron chi connectivity index (χ3n) is 2.79. The van der Waals surface area contributed by atoms with Crippen molar-refractivity contribution in [2.24, 2.45) is 0 Å². The number of hydrogen-bond donors (Lipinski definition) is 2. The van der Waals surface area contributed by atoms with E-state index in [9.17, 15) is 5.11 Å². The van der Waals surface area contributed by atoms with Gasteiger partial charge in [0.15, 0.2) is 0 Å². The molecule has 2 heteroatoms. The highest BCUT2D eigenvalue weighted by molar-refractivity contribution is 5.31. The van der Waals surface area contributed by atoms with Crippen molar-refractivity contribution in [3.63, 3.8) is 0 Å². The number of aryl methyl sites for hydroxylation is 1. The van der Waals surface area contributed by atoms with Gasteiger partial charge in [-0.15, -0.1) is 0 Å². The zero-order valence-electron chi connectivity index (χ0n) is 7.53. The van der Waals surface area contributed by atoms with Crippen LogP contribution in [0.4, 0.5) is 0 Å². The average molecular weight is 178 g/mol. The van der Waals surface area contributed by atoms with Crippen LogP contribution in [0.15, 0.2) is 24.3 Å². The number of benzene rings is 1. The van der Waals surface area contributed by atoms with Gasteiger partial charge >= 0.3 is 0 Å². The van der Waals surface area contributed by atoms with E-state index in [4.69, 9.17) is 5.11 Å². The molecule has 2 N–H and O–H groups in total. The normalized spacial score (nSPS) is 26.9. The molecule has 0 spiro atoms. The summed E-state index contributed by atoms with van der Waals surface area (Å²) in [6.45, 7) is -0.138. The molecule has 2 nitrogen and oxygen atoms in total. The molecule has 1 unspecified atom stereocenters. The second-order valence-electron chi connectivity index (χ2n) is 3.83. The summed E-state index contributed by atoms with van der Waals surface area (Å²) in [6.07, 6.45) is 2.12. The van der Waals surface area contributed by atoms with Crippen LogP contribution >= 0.6 is 0 Å². The standard InChI is InChI=1S/C11H14O2/c12-8-11(13)6-5-9-3-1-2-4-10(9)7-11/h1-4,12-13H,5-8H2. The summed E-state index contributed by atoms with van der Waals surface area (Å²) in [5.74, 6) is 0. The van der Waals surface area contributed by atoms with E-state index in [2.05, 4.69) is 6.07 Å². The topological polar surface area (TPSA) is 40.5 Å². The predicted octanol–water partition coefficient (Wildman–Crippen LogP) is 0.899. The van der Waals surface area contributed by atoms with E-state index in [-0.39, 0.29) is 6.61 Å². The molecule has 0 saturated heterocycles. The molecule has 0 radical (unpaired) electrons. The molecule has 0 aliphatic heterocycles. The lowest BCUT2D eigenvalue weighted by molar-refractivity contribution is -0.0248. The molecule has 0 saturated carbocycles. The second kappa shape index (κ2) is 3.13. The minimum absolute atomic E-state index is 0.138. The van der Waals surface area contributed by atoms with Crippen molar-refractivity contribution in [1.82, 2.24) is 0 Å². The van der Waals surface area contributed by atoms with Crippen LogP contribution in [-0.4, -0.2) is 22.4 Å². The molecule has 0 amide bonds. The molecular formula is C11H14O2. The van der Waals surface area contributed by atoms with E-state index in [1.165, 1.54) is 11.1 Å². The van der Waals surface area contributed by atoms with E-state index in [0.717, 1.165) is 6.42 Å². The summed E-state index contributed by atoms with van der Waals surface area (Å²) in [5, 5.41) is 18.9. The fraction of sp³-hybridized carbons (Fsp3) is 0.455. The van der Waals surface area contributed by atoms with E-state index in [0.29, 0.717) is 12.8 Å². The van der Waals surface area contributed by atoms with Crippen molar-refractivity contribution in [2.75, 3.05) is 6.61 Å². The first kappa shape index (κ1) is 8.73. The van der Waals surface area contributed by atoms with Crippen LogP contribution in [0.3, 0.4) is 0 Å². The zero-order valence-corrected chi connectivity index (χ0v) is 7.53. The highest BCUT2D eigenvalue weighted by atomic mass is 16.3. The van der Waals surface area contributed by atoms with Crippen LogP contribution in [0.1, 0.15) is 17.5 Å². The van der Waals surface area contributed by atoms with Crippen molar-refractivity contribution in [1.29, 1.82) is 0 Å². The molecule has 0 fully saturated rings. The average Bonchev–Trinajstić information content (AvgIpc) is 2.18. The fourth-order valence-corrected chi connectivity index (χ4v) is 1.92. The Morgan fingerprint density at radius 3 is 2.62 bits per heavy atom. The smallest absolute Gasteiger partial charge is 0.0920 e. The Bertz CT molecular complexity index is 309. The second-order valence-corrected chi connectivity index (χ2v) is 3.83. The summed E-state index contributed by atoms with van der Waals surface area (Å²) in [5.41, 5.74) is 1.60. The highest BCUT2D eigenvalue weighted by Gasteiger charge is 2.30. The first-order valence-corrected chi connectivity index (χ1v) is 4.63. The third-order valence-corrected chi connectivity index (χ3v) is 2.79. The van der Waals surface area contributed by atoms with Crippen LogP contribution in [-0.2, 0) is 12.8 Å². The van der Waals surface area contributed by atoms with E-state index < -0.39 is 5.60 Å². The Kier molecular flexibility index (Phi) is 2.10. The summed E-state index contributed by atoms with van der Waals surface area (Å²) >= 11 is 0. The lowest BCUT2D eigenvalue weighted by atomic mass is 9.81. The van der Waals surface area contributed by atoms with Crippen LogP contribution in [0.25, 0.3) is 0 Å². The van der Waals surface area contributed by atoms with Gasteiger partial charge in [-0.3, -0.25) is 0 Å². The van der Waals surface area contributed by atoms with Gasteiger partial charge in [-0.1, -0.05) is 24.3 Å². The van der Waals surface area contributed by atoms with Crippen molar-refractivity contribution >= 4 is 0 Å². The highest BCUT2D eigenvalue weighted by Crippen LogP contribution is 2.27. The summed E-state index contributed by atoms with van der Waals surface area (Å²) in [7, 11) is 0. The molecule has 0 heterocycles. The van der Waals surface area contributed by atoms with Gasteiger partial charge in [-0.05, 0) is 24.0 Å². The van der Waals surface area contributed by atoms with Crippen molar-refractivity contribution in [3.05, 3.63) is 35.4 Å². The molecule has 13 heavy (non-hydrogen) atoms. The summed E-state index contributed by atoms with van der Waals surface area (Å²) in [6, 6.07) is 8.10. The molecular weight excluding hydrogens is 164 g/mol. The first-order valence-electron chi connectivity index (χ1n) is 4.63. The molecule has 1 aliphatic rings. The zero-order chi connectivity index (χ0) is 9.31. The lowest BCUT2D eigenvalue weighted by Gasteiger charge is -2.31. The Morgan fingerprint density at radius 1 is 1.23 bits per heavy atom. The van der Waals surface area contributed by atoms with Crippen LogP contribution in [0.2, 0.25) is 0 Å². The number of rotatable bonds is 1. The Balaban J connectivity index is 2.29. The number of hydrogen-bond acceptors (Lipinski definition) is 2. The minimum Gasteiger partial charge on any atom is -0.393 e. The number of aliphatic hydroxyl groups excluding tert-OH is 1.